The predicted molar refractivity (Wildman–Crippen MR) is 71.8 cm³/mol. The van der Waals surface area contributed by atoms with Gasteiger partial charge in [-0.05, 0) is 36.6 Å². The van der Waals surface area contributed by atoms with Crippen molar-refractivity contribution in [2.24, 2.45) is 5.92 Å². The van der Waals surface area contributed by atoms with Crippen molar-refractivity contribution < 1.29 is 4.74 Å². The van der Waals surface area contributed by atoms with Crippen LogP contribution in [-0.4, -0.2) is 26.8 Å². The summed E-state index contributed by atoms with van der Waals surface area (Å²) in [7, 11) is 1.73. The quantitative estimate of drug-likeness (QED) is 0.778. The Labute approximate surface area is 107 Å². The number of methoxy groups -OCH3 is 1. The van der Waals surface area contributed by atoms with Crippen molar-refractivity contribution >= 4 is 15.9 Å². The SMILES string of the molecule is COCCNCC(C)Cc1ccc(Br)cc1. The summed E-state index contributed by atoms with van der Waals surface area (Å²) in [5, 5.41) is 3.38. The van der Waals surface area contributed by atoms with Crippen LogP contribution in [-0.2, 0) is 11.2 Å². The van der Waals surface area contributed by atoms with E-state index in [0.717, 1.165) is 30.6 Å². The van der Waals surface area contributed by atoms with Crippen molar-refractivity contribution in [1.82, 2.24) is 5.32 Å². The number of ether oxygens (including phenoxy) is 1. The van der Waals surface area contributed by atoms with Crippen LogP contribution in [0.3, 0.4) is 0 Å². The Kier molecular flexibility index (Phi) is 6.69. The molecule has 1 rings (SSSR count). The second kappa shape index (κ2) is 7.82. The molecular formula is C13H20BrNO. The van der Waals surface area contributed by atoms with Crippen molar-refractivity contribution in [1.29, 1.82) is 0 Å². The van der Waals surface area contributed by atoms with Gasteiger partial charge < -0.3 is 10.1 Å². The molecule has 0 radical (unpaired) electrons. The van der Waals surface area contributed by atoms with Gasteiger partial charge in [0, 0.05) is 18.1 Å². The third kappa shape index (κ3) is 5.64. The van der Waals surface area contributed by atoms with Crippen LogP contribution in [0.25, 0.3) is 0 Å². The fourth-order valence-corrected chi connectivity index (χ4v) is 1.88. The number of benzene rings is 1. The maximum atomic E-state index is 4.99. The maximum Gasteiger partial charge on any atom is 0.0587 e. The Bertz CT molecular complexity index is 286. The maximum absolute atomic E-state index is 4.99. The van der Waals surface area contributed by atoms with E-state index in [9.17, 15) is 0 Å². The summed E-state index contributed by atoms with van der Waals surface area (Å²) in [6, 6.07) is 8.55. The monoisotopic (exact) mass is 285 g/mol. The van der Waals surface area contributed by atoms with Crippen LogP contribution in [0.15, 0.2) is 28.7 Å². The fraction of sp³-hybridized carbons (Fsp3) is 0.538. The molecule has 0 spiro atoms. The minimum absolute atomic E-state index is 0.651. The summed E-state index contributed by atoms with van der Waals surface area (Å²) in [6.45, 7) is 5.02. The number of hydrogen-bond acceptors (Lipinski definition) is 2. The highest BCUT2D eigenvalue weighted by Gasteiger charge is 2.03. The van der Waals surface area contributed by atoms with Crippen LogP contribution in [0.1, 0.15) is 12.5 Å². The summed E-state index contributed by atoms with van der Waals surface area (Å²) >= 11 is 3.44. The zero-order valence-corrected chi connectivity index (χ0v) is 11.6. The molecule has 0 fully saturated rings. The summed E-state index contributed by atoms with van der Waals surface area (Å²) in [4.78, 5) is 0. The average Bonchev–Trinajstić information content (AvgIpc) is 2.28. The number of halogens is 1. The van der Waals surface area contributed by atoms with Gasteiger partial charge in [0.1, 0.15) is 0 Å². The molecule has 0 aliphatic carbocycles. The van der Waals surface area contributed by atoms with E-state index in [1.807, 2.05) is 0 Å². The van der Waals surface area contributed by atoms with E-state index in [-0.39, 0.29) is 0 Å². The summed E-state index contributed by atoms with van der Waals surface area (Å²) in [6.07, 6.45) is 1.12. The van der Waals surface area contributed by atoms with Gasteiger partial charge in [0.15, 0.2) is 0 Å². The number of nitrogens with one attached hydrogen (secondary N) is 1. The van der Waals surface area contributed by atoms with Crippen molar-refractivity contribution in [3.63, 3.8) is 0 Å². The molecule has 0 aliphatic rings. The third-order valence-electron chi connectivity index (χ3n) is 2.47. The first kappa shape index (κ1) is 13.7. The number of hydrogen-bond donors (Lipinski definition) is 1. The lowest BCUT2D eigenvalue weighted by Crippen LogP contribution is -2.25. The van der Waals surface area contributed by atoms with Gasteiger partial charge in [-0.2, -0.15) is 0 Å². The predicted octanol–water partition coefficient (Wildman–Crippen LogP) is 2.86. The smallest absolute Gasteiger partial charge is 0.0587 e. The molecule has 1 aromatic carbocycles. The lowest BCUT2D eigenvalue weighted by molar-refractivity contribution is 0.198. The van der Waals surface area contributed by atoms with E-state index in [2.05, 4.69) is 52.4 Å². The molecule has 90 valence electrons. The lowest BCUT2D eigenvalue weighted by Gasteiger charge is -2.12. The lowest BCUT2D eigenvalue weighted by atomic mass is 10.0. The van der Waals surface area contributed by atoms with Crippen LogP contribution in [0.2, 0.25) is 0 Å². The van der Waals surface area contributed by atoms with E-state index in [0.29, 0.717) is 5.92 Å². The molecule has 3 heteroatoms. The van der Waals surface area contributed by atoms with Gasteiger partial charge in [-0.1, -0.05) is 35.0 Å². The second-order valence-electron chi connectivity index (χ2n) is 4.13. The average molecular weight is 286 g/mol. The Hall–Kier alpha value is -0.380. The third-order valence-corrected chi connectivity index (χ3v) is 3.00. The minimum atomic E-state index is 0.651. The summed E-state index contributed by atoms with van der Waals surface area (Å²) in [5.74, 6) is 0.651. The van der Waals surface area contributed by atoms with Crippen molar-refractivity contribution in [3.05, 3.63) is 34.3 Å². The molecular weight excluding hydrogens is 266 g/mol. The Balaban J connectivity index is 2.23. The molecule has 1 N–H and O–H groups in total. The normalized spacial score (nSPS) is 12.7. The van der Waals surface area contributed by atoms with Gasteiger partial charge in [-0.15, -0.1) is 0 Å². The van der Waals surface area contributed by atoms with Crippen LogP contribution >= 0.6 is 15.9 Å². The summed E-state index contributed by atoms with van der Waals surface area (Å²) in [5.41, 5.74) is 1.39. The van der Waals surface area contributed by atoms with E-state index in [1.54, 1.807) is 7.11 Å². The van der Waals surface area contributed by atoms with Gasteiger partial charge in [0.05, 0.1) is 6.61 Å². The zero-order chi connectivity index (χ0) is 11.8. The van der Waals surface area contributed by atoms with Crippen LogP contribution < -0.4 is 5.32 Å². The fourth-order valence-electron chi connectivity index (χ4n) is 1.62. The van der Waals surface area contributed by atoms with Crippen molar-refractivity contribution in [2.45, 2.75) is 13.3 Å². The van der Waals surface area contributed by atoms with Crippen molar-refractivity contribution in [3.8, 4) is 0 Å². The van der Waals surface area contributed by atoms with E-state index < -0.39 is 0 Å². The first-order chi connectivity index (χ1) is 7.72. The molecule has 1 atom stereocenters. The molecule has 1 aromatic rings. The molecule has 0 aliphatic heterocycles. The molecule has 0 heterocycles. The molecule has 0 bridgehead atoms. The van der Waals surface area contributed by atoms with Gasteiger partial charge in [0.25, 0.3) is 0 Å². The van der Waals surface area contributed by atoms with Crippen LogP contribution in [0.4, 0.5) is 0 Å². The molecule has 2 nitrogen and oxygen atoms in total. The molecule has 1 unspecified atom stereocenters. The van der Waals surface area contributed by atoms with Gasteiger partial charge in [0.2, 0.25) is 0 Å². The summed E-state index contributed by atoms with van der Waals surface area (Å²) < 4.78 is 6.13. The van der Waals surface area contributed by atoms with E-state index >= 15 is 0 Å². The second-order valence-corrected chi connectivity index (χ2v) is 5.05. The Morgan fingerprint density at radius 2 is 2.00 bits per heavy atom. The Morgan fingerprint density at radius 1 is 1.31 bits per heavy atom. The highest BCUT2D eigenvalue weighted by Crippen LogP contribution is 2.13. The van der Waals surface area contributed by atoms with Crippen molar-refractivity contribution in [2.75, 3.05) is 26.8 Å². The van der Waals surface area contributed by atoms with Crippen LogP contribution in [0.5, 0.6) is 0 Å². The first-order valence-corrected chi connectivity index (χ1v) is 6.45. The number of rotatable bonds is 7. The highest BCUT2D eigenvalue weighted by molar-refractivity contribution is 9.10. The standard InChI is InChI=1S/C13H20BrNO/c1-11(10-15-7-8-16-2)9-12-3-5-13(14)6-4-12/h3-6,11,15H,7-10H2,1-2H3. The molecule has 16 heavy (non-hydrogen) atoms. The molecule has 0 saturated heterocycles. The molecule has 0 saturated carbocycles. The first-order valence-electron chi connectivity index (χ1n) is 5.66. The highest BCUT2D eigenvalue weighted by atomic mass is 79.9. The molecule has 0 amide bonds. The van der Waals surface area contributed by atoms with Gasteiger partial charge >= 0.3 is 0 Å². The topological polar surface area (TPSA) is 21.3 Å². The molecule has 0 aromatic heterocycles. The zero-order valence-electron chi connectivity index (χ0n) is 10.0. The van der Waals surface area contributed by atoms with Crippen LogP contribution in [0, 0.1) is 5.92 Å². The van der Waals surface area contributed by atoms with E-state index in [4.69, 9.17) is 4.74 Å². The van der Waals surface area contributed by atoms with Gasteiger partial charge in [-0.3, -0.25) is 0 Å². The van der Waals surface area contributed by atoms with E-state index in [1.165, 1.54) is 5.56 Å². The van der Waals surface area contributed by atoms with Gasteiger partial charge in [-0.25, -0.2) is 0 Å². The largest absolute Gasteiger partial charge is 0.383 e. The minimum Gasteiger partial charge on any atom is -0.383 e. The Morgan fingerprint density at radius 3 is 2.62 bits per heavy atom.